The Bertz CT molecular complexity index is 406. The van der Waals surface area contributed by atoms with Crippen molar-refractivity contribution in [3.8, 4) is 0 Å². The van der Waals surface area contributed by atoms with E-state index in [1.54, 1.807) is 0 Å². The van der Waals surface area contributed by atoms with Crippen molar-refractivity contribution in [3.63, 3.8) is 0 Å². The molecule has 1 fully saturated rings. The number of carbonyl (C=O) groups is 1. The first kappa shape index (κ1) is 13.4. The molecular weight excluding hydrogens is 246 g/mol. The van der Waals surface area contributed by atoms with Crippen molar-refractivity contribution in [1.82, 2.24) is 4.90 Å². The van der Waals surface area contributed by atoms with Gasteiger partial charge in [-0.1, -0.05) is 37.3 Å². The Balaban J connectivity index is 2.03. The van der Waals surface area contributed by atoms with E-state index in [2.05, 4.69) is 6.92 Å². The Morgan fingerprint density at radius 3 is 2.67 bits per heavy atom. The summed E-state index contributed by atoms with van der Waals surface area (Å²) in [6.07, 6.45) is 0.899. The lowest BCUT2D eigenvalue weighted by molar-refractivity contribution is -0.134. The number of carbonyl (C=O) groups excluding carboxylic acids is 1. The van der Waals surface area contributed by atoms with E-state index < -0.39 is 0 Å². The van der Waals surface area contributed by atoms with E-state index in [9.17, 15) is 4.79 Å². The molecule has 98 valence electrons. The van der Waals surface area contributed by atoms with Crippen LogP contribution in [0.2, 0.25) is 0 Å². The predicted octanol–water partition coefficient (Wildman–Crippen LogP) is 3.27. The third-order valence-corrected chi connectivity index (χ3v) is 4.43. The van der Waals surface area contributed by atoms with Gasteiger partial charge in [0.2, 0.25) is 5.91 Å². The molecule has 3 unspecified atom stereocenters. The van der Waals surface area contributed by atoms with Crippen molar-refractivity contribution in [3.05, 3.63) is 35.9 Å². The van der Waals surface area contributed by atoms with E-state index in [1.807, 2.05) is 42.2 Å². The van der Waals surface area contributed by atoms with Crippen LogP contribution in [0.15, 0.2) is 30.3 Å². The van der Waals surface area contributed by atoms with Crippen LogP contribution in [0.1, 0.15) is 31.7 Å². The fraction of sp³-hybridized carbons (Fsp3) is 0.533. The molecule has 3 heteroatoms. The summed E-state index contributed by atoms with van der Waals surface area (Å²) in [5, 5.41) is 0.209. The van der Waals surface area contributed by atoms with Gasteiger partial charge in [0.15, 0.2) is 0 Å². The molecule has 0 N–H and O–H groups in total. The molecule has 0 spiro atoms. The Kier molecular flexibility index (Phi) is 4.28. The van der Waals surface area contributed by atoms with Crippen LogP contribution in [0.4, 0.5) is 0 Å². The molecule has 1 saturated heterocycles. The van der Waals surface area contributed by atoms with Gasteiger partial charge in [0.1, 0.15) is 0 Å². The fourth-order valence-electron chi connectivity index (χ4n) is 2.48. The largest absolute Gasteiger partial charge is 0.342 e. The maximum absolute atomic E-state index is 12.4. The number of amides is 1. The van der Waals surface area contributed by atoms with Crippen LogP contribution in [0, 0.1) is 5.92 Å². The zero-order valence-corrected chi connectivity index (χ0v) is 11.7. The second-order valence-electron chi connectivity index (χ2n) is 5.20. The Morgan fingerprint density at radius 1 is 1.39 bits per heavy atom. The molecule has 3 atom stereocenters. The van der Waals surface area contributed by atoms with Gasteiger partial charge in [-0.2, -0.15) is 0 Å². The molecule has 1 heterocycles. The Hall–Kier alpha value is -1.02. The maximum atomic E-state index is 12.4. The summed E-state index contributed by atoms with van der Waals surface area (Å²) >= 11 is 6.20. The van der Waals surface area contributed by atoms with E-state index in [0.717, 1.165) is 25.1 Å². The number of rotatable bonds is 2. The van der Waals surface area contributed by atoms with E-state index in [1.165, 1.54) is 0 Å². The van der Waals surface area contributed by atoms with Crippen molar-refractivity contribution in [2.75, 3.05) is 13.1 Å². The summed E-state index contributed by atoms with van der Waals surface area (Å²) in [5.41, 5.74) is 1.09. The Labute approximate surface area is 114 Å². The lowest BCUT2D eigenvalue weighted by Crippen LogP contribution is -2.44. The summed E-state index contributed by atoms with van der Waals surface area (Å²) in [7, 11) is 0. The van der Waals surface area contributed by atoms with Crippen molar-refractivity contribution in [1.29, 1.82) is 0 Å². The second kappa shape index (κ2) is 5.75. The normalized spacial score (nSPS) is 25.8. The van der Waals surface area contributed by atoms with E-state index in [4.69, 9.17) is 11.6 Å². The summed E-state index contributed by atoms with van der Waals surface area (Å²) in [4.78, 5) is 14.4. The van der Waals surface area contributed by atoms with Crippen LogP contribution < -0.4 is 0 Å². The highest BCUT2D eigenvalue weighted by molar-refractivity contribution is 6.20. The topological polar surface area (TPSA) is 20.3 Å². The molecule has 0 aromatic heterocycles. The van der Waals surface area contributed by atoms with Gasteiger partial charge in [0.05, 0.1) is 5.92 Å². The number of halogens is 1. The quantitative estimate of drug-likeness (QED) is 0.752. The van der Waals surface area contributed by atoms with E-state index in [-0.39, 0.29) is 17.2 Å². The molecule has 1 aliphatic rings. The third-order valence-electron chi connectivity index (χ3n) is 3.78. The third kappa shape index (κ3) is 2.86. The lowest BCUT2D eigenvalue weighted by Gasteiger charge is -2.35. The van der Waals surface area contributed by atoms with Crippen LogP contribution in [-0.4, -0.2) is 29.3 Å². The zero-order chi connectivity index (χ0) is 13.1. The molecule has 1 aromatic carbocycles. The number of hydrogen-bond donors (Lipinski definition) is 0. The molecule has 0 bridgehead atoms. The lowest BCUT2D eigenvalue weighted by atomic mass is 9.95. The van der Waals surface area contributed by atoms with Gasteiger partial charge in [0.25, 0.3) is 0 Å². The highest BCUT2D eigenvalue weighted by Crippen LogP contribution is 2.25. The minimum absolute atomic E-state index is 0.0646. The summed E-state index contributed by atoms with van der Waals surface area (Å²) in [5.74, 6) is 0.536. The summed E-state index contributed by atoms with van der Waals surface area (Å²) in [6.45, 7) is 5.66. The van der Waals surface area contributed by atoms with E-state index in [0.29, 0.717) is 5.92 Å². The molecule has 1 aromatic rings. The molecule has 18 heavy (non-hydrogen) atoms. The van der Waals surface area contributed by atoms with Crippen LogP contribution in [0.25, 0.3) is 0 Å². The number of nitrogens with zero attached hydrogens (tertiary/aromatic N) is 1. The average Bonchev–Trinajstić information content (AvgIpc) is 2.41. The standard InChI is InChI=1S/C15H20ClNO/c1-11-10-17(9-8-14(11)16)15(18)12(2)13-6-4-3-5-7-13/h3-7,11-12,14H,8-10H2,1-2H3. The van der Waals surface area contributed by atoms with Crippen LogP contribution in [-0.2, 0) is 4.79 Å². The van der Waals surface area contributed by atoms with E-state index >= 15 is 0 Å². The van der Waals surface area contributed by atoms with Crippen molar-refractivity contribution in [2.45, 2.75) is 31.6 Å². The predicted molar refractivity (Wildman–Crippen MR) is 74.9 cm³/mol. The van der Waals surface area contributed by atoms with Gasteiger partial charge in [-0.3, -0.25) is 4.79 Å². The van der Waals surface area contributed by atoms with Crippen LogP contribution in [0.5, 0.6) is 0 Å². The number of alkyl halides is 1. The fourth-order valence-corrected chi connectivity index (χ4v) is 2.65. The number of hydrogen-bond acceptors (Lipinski definition) is 1. The minimum atomic E-state index is -0.0646. The first-order valence-electron chi connectivity index (χ1n) is 6.57. The number of piperidine rings is 1. The van der Waals surface area contributed by atoms with Crippen molar-refractivity contribution in [2.24, 2.45) is 5.92 Å². The maximum Gasteiger partial charge on any atom is 0.229 e. The molecular formula is C15H20ClNO. The SMILES string of the molecule is CC(C(=O)N1CCC(Cl)C(C)C1)c1ccccc1. The van der Waals surface area contributed by atoms with Crippen molar-refractivity contribution < 1.29 is 4.79 Å². The van der Waals surface area contributed by atoms with Gasteiger partial charge in [-0.25, -0.2) is 0 Å². The highest BCUT2D eigenvalue weighted by atomic mass is 35.5. The summed E-state index contributed by atoms with van der Waals surface area (Å²) in [6, 6.07) is 9.96. The number of likely N-dealkylation sites (tertiary alicyclic amines) is 1. The van der Waals surface area contributed by atoms with Crippen LogP contribution >= 0.6 is 11.6 Å². The molecule has 1 aliphatic heterocycles. The zero-order valence-electron chi connectivity index (χ0n) is 11.0. The Morgan fingerprint density at radius 2 is 2.06 bits per heavy atom. The molecule has 0 saturated carbocycles. The molecule has 0 aliphatic carbocycles. The molecule has 2 nitrogen and oxygen atoms in total. The van der Waals surface area contributed by atoms with Crippen molar-refractivity contribution >= 4 is 17.5 Å². The minimum Gasteiger partial charge on any atom is -0.342 e. The summed E-state index contributed by atoms with van der Waals surface area (Å²) < 4.78 is 0. The second-order valence-corrected chi connectivity index (χ2v) is 5.76. The molecule has 0 radical (unpaired) electrons. The first-order valence-corrected chi connectivity index (χ1v) is 7.01. The van der Waals surface area contributed by atoms with Gasteiger partial charge < -0.3 is 4.90 Å². The first-order chi connectivity index (χ1) is 8.59. The average molecular weight is 266 g/mol. The monoisotopic (exact) mass is 265 g/mol. The van der Waals surface area contributed by atoms with Gasteiger partial charge in [-0.05, 0) is 24.8 Å². The van der Waals surface area contributed by atoms with Crippen LogP contribution in [0.3, 0.4) is 0 Å². The molecule has 1 amide bonds. The highest BCUT2D eigenvalue weighted by Gasteiger charge is 2.29. The smallest absolute Gasteiger partial charge is 0.229 e. The van der Waals surface area contributed by atoms with Gasteiger partial charge >= 0.3 is 0 Å². The van der Waals surface area contributed by atoms with Gasteiger partial charge in [0, 0.05) is 18.5 Å². The van der Waals surface area contributed by atoms with Gasteiger partial charge in [-0.15, -0.1) is 11.6 Å². The number of benzene rings is 1. The molecule has 2 rings (SSSR count).